The third kappa shape index (κ3) is 2.58. The molecule has 0 saturated heterocycles. The maximum atomic E-state index is 5.93. The summed E-state index contributed by atoms with van der Waals surface area (Å²) in [6, 6.07) is 9.49. The lowest BCUT2D eigenvalue weighted by Gasteiger charge is -2.08. The van der Waals surface area contributed by atoms with Gasteiger partial charge in [0, 0.05) is 13.1 Å². The van der Waals surface area contributed by atoms with E-state index in [1.807, 2.05) is 31.2 Å². The van der Waals surface area contributed by atoms with Crippen molar-refractivity contribution < 1.29 is 9.26 Å². The zero-order valence-electron chi connectivity index (χ0n) is 14.6. The molecule has 4 aromatic heterocycles. The van der Waals surface area contributed by atoms with Crippen molar-refractivity contribution in [1.82, 2.24) is 39.7 Å². The van der Waals surface area contributed by atoms with Crippen LogP contribution < -0.4 is 4.74 Å². The zero-order chi connectivity index (χ0) is 18.4. The van der Waals surface area contributed by atoms with Gasteiger partial charge in [0.15, 0.2) is 23.8 Å². The Morgan fingerprint density at radius 2 is 2.11 bits per heavy atom. The Balaban J connectivity index is 1.66. The van der Waals surface area contributed by atoms with Gasteiger partial charge in [-0.1, -0.05) is 22.5 Å². The van der Waals surface area contributed by atoms with Crippen LogP contribution in [0.3, 0.4) is 0 Å². The van der Waals surface area contributed by atoms with Crippen LogP contribution in [0.25, 0.3) is 27.9 Å². The van der Waals surface area contributed by atoms with E-state index >= 15 is 0 Å². The highest BCUT2D eigenvalue weighted by molar-refractivity contribution is 5.88. The van der Waals surface area contributed by atoms with Crippen molar-refractivity contribution in [3.8, 4) is 17.3 Å². The smallest absolute Gasteiger partial charge is 0.225 e. The molecule has 0 bridgehead atoms. The zero-order valence-corrected chi connectivity index (χ0v) is 14.6. The van der Waals surface area contributed by atoms with Gasteiger partial charge in [0.05, 0.1) is 10.9 Å². The maximum absolute atomic E-state index is 5.93. The van der Waals surface area contributed by atoms with Gasteiger partial charge in [-0.2, -0.15) is 14.6 Å². The lowest BCUT2D eigenvalue weighted by Crippen LogP contribution is -2.03. The van der Waals surface area contributed by atoms with Gasteiger partial charge in [-0.15, -0.1) is 5.10 Å². The number of para-hydroxylation sites is 1. The van der Waals surface area contributed by atoms with Crippen molar-refractivity contribution in [2.24, 2.45) is 7.05 Å². The van der Waals surface area contributed by atoms with E-state index in [1.165, 1.54) is 0 Å². The van der Waals surface area contributed by atoms with E-state index in [2.05, 4.69) is 30.5 Å². The highest BCUT2D eigenvalue weighted by Crippen LogP contribution is 2.29. The molecule has 0 aliphatic carbocycles. The average molecular weight is 362 g/mol. The Morgan fingerprint density at radius 1 is 1.22 bits per heavy atom. The number of hydrogen-bond acceptors (Lipinski definition) is 8. The van der Waals surface area contributed by atoms with Crippen molar-refractivity contribution in [3.63, 3.8) is 0 Å². The predicted molar refractivity (Wildman–Crippen MR) is 93.9 cm³/mol. The standard InChI is InChI=1S/C17H14N8O2/c1-10-7-12(22-27-10)15-16-19-17(26-8-14-18-9-24(2)21-14)11-5-3-4-6-13(11)25(16)23-20-15/h3-7,9H,8H2,1-2H3. The van der Waals surface area contributed by atoms with Crippen molar-refractivity contribution >= 4 is 16.6 Å². The molecule has 10 heteroatoms. The number of ether oxygens (including phenoxy) is 1. The molecule has 0 aliphatic heterocycles. The second kappa shape index (κ2) is 5.87. The number of rotatable bonds is 4. The minimum atomic E-state index is 0.202. The summed E-state index contributed by atoms with van der Waals surface area (Å²) in [6.45, 7) is 2.02. The molecule has 1 aromatic carbocycles. The Labute approximate surface area is 152 Å². The Hall–Kier alpha value is -3.82. The third-order valence-electron chi connectivity index (χ3n) is 4.07. The summed E-state index contributed by atoms with van der Waals surface area (Å²) in [7, 11) is 1.81. The Kier molecular flexibility index (Phi) is 3.35. The van der Waals surface area contributed by atoms with Crippen LogP contribution in [0.5, 0.6) is 5.88 Å². The molecule has 0 fully saturated rings. The van der Waals surface area contributed by atoms with Crippen LogP contribution in [0.4, 0.5) is 0 Å². The van der Waals surface area contributed by atoms with Gasteiger partial charge in [0.25, 0.3) is 0 Å². The fraction of sp³-hybridized carbons (Fsp3) is 0.176. The first-order chi connectivity index (χ1) is 13.2. The van der Waals surface area contributed by atoms with Crippen LogP contribution >= 0.6 is 0 Å². The number of hydrogen-bond donors (Lipinski definition) is 0. The molecule has 134 valence electrons. The minimum absolute atomic E-state index is 0.202. The van der Waals surface area contributed by atoms with Crippen LogP contribution in [-0.2, 0) is 13.7 Å². The predicted octanol–water partition coefficient (Wildman–Crippen LogP) is 1.95. The Bertz CT molecular complexity index is 1270. The van der Waals surface area contributed by atoms with Gasteiger partial charge in [-0.05, 0) is 19.1 Å². The van der Waals surface area contributed by atoms with Crippen molar-refractivity contribution in [1.29, 1.82) is 0 Å². The molecule has 5 rings (SSSR count). The SMILES string of the molecule is Cc1cc(-c2nnn3c2nc(OCc2ncn(C)n2)c2ccccc23)no1. The fourth-order valence-corrected chi connectivity index (χ4v) is 2.87. The number of fused-ring (bicyclic) bond motifs is 3. The second-order valence-electron chi connectivity index (χ2n) is 6.05. The maximum Gasteiger partial charge on any atom is 0.225 e. The highest BCUT2D eigenvalue weighted by Gasteiger charge is 2.19. The van der Waals surface area contributed by atoms with Crippen LogP contribution in [0.2, 0.25) is 0 Å². The van der Waals surface area contributed by atoms with E-state index in [4.69, 9.17) is 9.26 Å². The number of aromatic nitrogens is 8. The summed E-state index contributed by atoms with van der Waals surface area (Å²) < 4.78 is 14.4. The number of aryl methyl sites for hydroxylation is 2. The van der Waals surface area contributed by atoms with Crippen molar-refractivity contribution in [2.45, 2.75) is 13.5 Å². The van der Waals surface area contributed by atoms with Crippen LogP contribution in [0.1, 0.15) is 11.6 Å². The van der Waals surface area contributed by atoms with E-state index in [1.54, 1.807) is 28.6 Å². The molecule has 0 aliphatic rings. The lowest BCUT2D eigenvalue weighted by atomic mass is 10.2. The molecule has 0 saturated carbocycles. The molecule has 0 N–H and O–H groups in total. The topological polar surface area (TPSA) is 109 Å². The van der Waals surface area contributed by atoms with Crippen LogP contribution in [0, 0.1) is 6.92 Å². The molecule has 0 spiro atoms. The van der Waals surface area contributed by atoms with Gasteiger partial charge in [0.1, 0.15) is 17.8 Å². The highest BCUT2D eigenvalue weighted by atomic mass is 16.5. The summed E-state index contributed by atoms with van der Waals surface area (Å²) >= 11 is 0. The monoisotopic (exact) mass is 362 g/mol. The summed E-state index contributed by atoms with van der Waals surface area (Å²) in [5.41, 5.74) is 2.46. The van der Waals surface area contributed by atoms with E-state index in [-0.39, 0.29) is 6.61 Å². The first kappa shape index (κ1) is 15.4. The van der Waals surface area contributed by atoms with Crippen LogP contribution in [0.15, 0.2) is 41.2 Å². The molecular weight excluding hydrogens is 348 g/mol. The molecule has 5 aromatic rings. The fourth-order valence-electron chi connectivity index (χ4n) is 2.87. The molecular formula is C17H14N8O2. The van der Waals surface area contributed by atoms with Crippen molar-refractivity contribution in [2.75, 3.05) is 0 Å². The van der Waals surface area contributed by atoms with Gasteiger partial charge < -0.3 is 9.26 Å². The quantitative estimate of drug-likeness (QED) is 0.477. The second-order valence-corrected chi connectivity index (χ2v) is 6.05. The molecule has 0 amide bonds. The van der Waals surface area contributed by atoms with E-state index < -0.39 is 0 Å². The van der Waals surface area contributed by atoms with Gasteiger partial charge in [-0.3, -0.25) is 4.68 Å². The first-order valence-corrected chi connectivity index (χ1v) is 8.24. The lowest BCUT2D eigenvalue weighted by molar-refractivity contribution is 0.288. The molecule has 0 radical (unpaired) electrons. The van der Waals surface area contributed by atoms with E-state index in [0.717, 1.165) is 10.9 Å². The summed E-state index contributed by atoms with van der Waals surface area (Å²) in [5, 5.41) is 17.5. The summed E-state index contributed by atoms with van der Waals surface area (Å²) in [4.78, 5) is 8.82. The van der Waals surface area contributed by atoms with Gasteiger partial charge in [-0.25, -0.2) is 4.98 Å². The van der Waals surface area contributed by atoms with E-state index in [9.17, 15) is 0 Å². The molecule has 0 atom stereocenters. The summed E-state index contributed by atoms with van der Waals surface area (Å²) in [5.74, 6) is 1.71. The molecule has 10 nitrogen and oxygen atoms in total. The van der Waals surface area contributed by atoms with Gasteiger partial charge in [0.2, 0.25) is 5.88 Å². The minimum Gasteiger partial charge on any atom is -0.469 e. The molecule has 0 unspecified atom stereocenters. The van der Waals surface area contributed by atoms with Crippen LogP contribution in [-0.4, -0.2) is 39.7 Å². The van der Waals surface area contributed by atoms with Gasteiger partial charge >= 0.3 is 0 Å². The van der Waals surface area contributed by atoms with E-state index in [0.29, 0.717) is 34.5 Å². The largest absolute Gasteiger partial charge is 0.469 e. The number of benzene rings is 1. The Morgan fingerprint density at radius 3 is 2.89 bits per heavy atom. The number of nitrogens with zero attached hydrogens (tertiary/aromatic N) is 8. The first-order valence-electron chi connectivity index (χ1n) is 8.24. The average Bonchev–Trinajstić information content (AvgIpc) is 3.39. The molecule has 4 heterocycles. The third-order valence-corrected chi connectivity index (χ3v) is 4.07. The normalized spacial score (nSPS) is 11.5. The summed E-state index contributed by atoms with van der Waals surface area (Å²) in [6.07, 6.45) is 1.62. The van der Waals surface area contributed by atoms with Crippen molar-refractivity contribution in [3.05, 3.63) is 48.2 Å². The molecule has 27 heavy (non-hydrogen) atoms.